The standard InChI is InChI=1S/C10H10N2O/c1-7-4-9(13-8-2-3-8)6-12-10(7)5-11/h4,6,8H,2-3H2,1H3. The highest BCUT2D eigenvalue weighted by atomic mass is 16.5. The van der Waals surface area contributed by atoms with E-state index in [1.165, 1.54) is 0 Å². The molecule has 0 spiro atoms. The van der Waals surface area contributed by atoms with E-state index in [0.29, 0.717) is 11.8 Å². The van der Waals surface area contributed by atoms with Gasteiger partial charge in [0.1, 0.15) is 17.5 Å². The van der Waals surface area contributed by atoms with Gasteiger partial charge >= 0.3 is 0 Å². The topological polar surface area (TPSA) is 45.9 Å². The van der Waals surface area contributed by atoms with Gasteiger partial charge < -0.3 is 4.74 Å². The predicted octanol–water partition coefficient (Wildman–Crippen LogP) is 1.80. The molecule has 0 saturated heterocycles. The zero-order valence-electron chi connectivity index (χ0n) is 7.45. The van der Waals surface area contributed by atoms with Gasteiger partial charge in [0.15, 0.2) is 0 Å². The molecule has 1 aliphatic carbocycles. The number of nitriles is 1. The Morgan fingerprint density at radius 1 is 1.62 bits per heavy atom. The number of hydrogen-bond acceptors (Lipinski definition) is 3. The monoisotopic (exact) mass is 174 g/mol. The van der Waals surface area contributed by atoms with Gasteiger partial charge in [-0.2, -0.15) is 5.26 Å². The summed E-state index contributed by atoms with van der Waals surface area (Å²) in [7, 11) is 0. The van der Waals surface area contributed by atoms with Gasteiger partial charge in [-0.1, -0.05) is 0 Å². The van der Waals surface area contributed by atoms with Crippen LogP contribution in [0, 0.1) is 18.3 Å². The average molecular weight is 174 g/mol. The first-order valence-electron chi connectivity index (χ1n) is 4.33. The molecule has 1 fully saturated rings. The van der Waals surface area contributed by atoms with Crippen molar-refractivity contribution in [1.82, 2.24) is 4.98 Å². The molecule has 66 valence electrons. The number of hydrogen-bond donors (Lipinski definition) is 0. The summed E-state index contributed by atoms with van der Waals surface area (Å²) in [5.74, 6) is 0.777. The molecule has 3 nitrogen and oxygen atoms in total. The Morgan fingerprint density at radius 2 is 2.38 bits per heavy atom. The van der Waals surface area contributed by atoms with Gasteiger partial charge in [0.05, 0.1) is 12.3 Å². The summed E-state index contributed by atoms with van der Waals surface area (Å²) >= 11 is 0. The van der Waals surface area contributed by atoms with Crippen LogP contribution >= 0.6 is 0 Å². The molecule has 0 radical (unpaired) electrons. The van der Waals surface area contributed by atoms with Crippen LogP contribution in [0.15, 0.2) is 12.3 Å². The Bertz CT molecular complexity index is 364. The van der Waals surface area contributed by atoms with Crippen molar-refractivity contribution in [3.05, 3.63) is 23.5 Å². The lowest BCUT2D eigenvalue weighted by atomic mass is 10.2. The molecule has 13 heavy (non-hydrogen) atoms. The molecular weight excluding hydrogens is 164 g/mol. The van der Waals surface area contributed by atoms with Crippen molar-refractivity contribution in [3.63, 3.8) is 0 Å². The first kappa shape index (κ1) is 8.06. The lowest BCUT2D eigenvalue weighted by molar-refractivity contribution is 0.301. The number of nitrogens with zero attached hydrogens (tertiary/aromatic N) is 2. The molecule has 1 heterocycles. The van der Waals surface area contributed by atoms with Gasteiger partial charge in [-0.3, -0.25) is 0 Å². The first-order chi connectivity index (χ1) is 6.29. The summed E-state index contributed by atoms with van der Waals surface area (Å²) in [6.07, 6.45) is 4.27. The summed E-state index contributed by atoms with van der Waals surface area (Å²) in [5, 5.41) is 8.65. The smallest absolute Gasteiger partial charge is 0.143 e. The largest absolute Gasteiger partial charge is 0.489 e. The average Bonchev–Trinajstić information content (AvgIpc) is 2.89. The van der Waals surface area contributed by atoms with Crippen LogP contribution < -0.4 is 4.74 Å². The van der Waals surface area contributed by atoms with E-state index in [1.807, 2.05) is 19.1 Å². The number of ether oxygens (including phenoxy) is 1. The third-order valence-electron chi connectivity index (χ3n) is 1.99. The predicted molar refractivity (Wildman–Crippen MR) is 47.3 cm³/mol. The van der Waals surface area contributed by atoms with Crippen LogP contribution in [0.25, 0.3) is 0 Å². The number of aryl methyl sites for hydroxylation is 1. The summed E-state index contributed by atoms with van der Waals surface area (Å²) in [4.78, 5) is 3.99. The molecule has 1 aliphatic rings. The third kappa shape index (κ3) is 1.78. The SMILES string of the molecule is Cc1cc(OC2CC2)cnc1C#N. The second-order valence-corrected chi connectivity index (χ2v) is 3.27. The molecule has 1 aromatic heterocycles. The van der Waals surface area contributed by atoms with Crippen LogP contribution in [0.4, 0.5) is 0 Å². The van der Waals surface area contributed by atoms with E-state index in [9.17, 15) is 0 Å². The maximum absolute atomic E-state index is 8.65. The fourth-order valence-corrected chi connectivity index (χ4v) is 1.11. The van der Waals surface area contributed by atoms with Gasteiger partial charge in [-0.15, -0.1) is 0 Å². The molecule has 1 saturated carbocycles. The van der Waals surface area contributed by atoms with Crippen molar-refractivity contribution in [3.8, 4) is 11.8 Å². The van der Waals surface area contributed by atoms with Gasteiger partial charge in [0.2, 0.25) is 0 Å². The molecule has 3 heteroatoms. The van der Waals surface area contributed by atoms with Crippen LogP contribution in [0.2, 0.25) is 0 Å². The third-order valence-corrected chi connectivity index (χ3v) is 1.99. The first-order valence-corrected chi connectivity index (χ1v) is 4.33. The van der Waals surface area contributed by atoms with Gasteiger partial charge in [0.25, 0.3) is 0 Å². The zero-order chi connectivity index (χ0) is 9.26. The van der Waals surface area contributed by atoms with E-state index in [4.69, 9.17) is 10.00 Å². The Balaban J connectivity index is 2.19. The van der Waals surface area contributed by atoms with E-state index in [-0.39, 0.29) is 0 Å². The van der Waals surface area contributed by atoms with E-state index < -0.39 is 0 Å². The molecule has 0 N–H and O–H groups in total. The zero-order valence-corrected chi connectivity index (χ0v) is 7.45. The van der Waals surface area contributed by atoms with Crippen molar-refractivity contribution in [1.29, 1.82) is 5.26 Å². The van der Waals surface area contributed by atoms with Crippen LogP contribution in [-0.2, 0) is 0 Å². The summed E-state index contributed by atoms with van der Waals surface area (Å²) < 4.78 is 5.53. The quantitative estimate of drug-likeness (QED) is 0.686. The molecule has 0 aromatic carbocycles. The maximum atomic E-state index is 8.65. The molecule has 0 aliphatic heterocycles. The lowest BCUT2D eigenvalue weighted by Gasteiger charge is -2.04. The second kappa shape index (κ2) is 3.06. The molecule has 0 unspecified atom stereocenters. The molecule has 0 atom stereocenters. The van der Waals surface area contributed by atoms with Gasteiger partial charge in [0, 0.05) is 0 Å². The summed E-state index contributed by atoms with van der Waals surface area (Å²) in [5.41, 5.74) is 1.35. The maximum Gasteiger partial charge on any atom is 0.143 e. The molecule has 0 bridgehead atoms. The number of pyridine rings is 1. The highest BCUT2D eigenvalue weighted by molar-refractivity contribution is 5.35. The van der Waals surface area contributed by atoms with Crippen molar-refractivity contribution >= 4 is 0 Å². The summed E-state index contributed by atoms with van der Waals surface area (Å²) in [6.45, 7) is 1.87. The normalized spacial score (nSPS) is 15.1. The van der Waals surface area contributed by atoms with Crippen molar-refractivity contribution in [2.24, 2.45) is 0 Å². The Kier molecular flexibility index (Phi) is 1.90. The minimum atomic E-state index is 0.383. The van der Waals surface area contributed by atoms with E-state index in [0.717, 1.165) is 24.2 Å². The van der Waals surface area contributed by atoms with Crippen LogP contribution in [0.5, 0.6) is 5.75 Å². The highest BCUT2D eigenvalue weighted by Gasteiger charge is 2.23. The van der Waals surface area contributed by atoms with Crippen molar-refractivity contribution < 1.29 is 4.74 Å². The molecular formula is C10H10N2O. The van der Waals surface area contributed by atoms with Crippen LogP contribution in [0.3, 0.4) is 0 Å². The Labute approximate surface area is 77.0 Å². The Hall–Kier alpha value is -1.56. The van der Waals surface area contributed by atoms with E-state index >= 15 is 0 Å². The van der Waals surface area contributed by atoms with E-state index in [1.54, 1.807) is 6.20 Å². The minimum Gasteiger partial charge on any atom is -0.489 e. The minimum absolute atomic E-state index is 0.383. The Morgan fingerprint density at radius 3 is 2.92 bits per heavy atom. The molecule has 2 rings (SSSR count). The van der Waals surface area contributed by atoms with Crippen molar-refractivity contribution in [2.75, 3.05) is 0 Å². The molecule has 1 aromatic rings. The van der Waals surface area contributed by atoms with Crippen molar-refractivity contribution in [2.45, 2.75) is 25.9 Å². The van der Waals surface area contributed by atoms with Gasteiger partial charge in [-0.05, 0) is 31.4 Å². The van der Waals surface area contributed by atoms with Gasteiger partial charge in [-0.25, -0.2) is 4.98 Å². The highest BCUT2D eigenvalue weighted by Crippen LogP contribution is 2.26. The molecule has 0 amide bonds. The fraction of sp³-hybridized carbons (Fsp3) is 0.400. The van der Waals surface area contributed by atoms with E-state index in [2.05, 4.69) is 4.98 Å². The lowest BCUT2D eigenvalue weighted by Crippen LogP contribution is -1.98. The second-order valence-electron chi connectivity index (χ2n) is 3.27. The number of aromatic nitrogens is 1. The van der Waals surface area contributed by atoms with Crippen LogP contribution in [0.1, 0.15) is 24.1 Å². The fourth-order valence-electron chi connectivity index (χ4n) is 1.11. The summed E-state index contributed by atoms with van der Waals surface area (Å²) in [6, 6.07) is 3.89. The van der Waals surface area contributed by atoms with Crippen LogP contribution in [-0.4, -0.2) is 11.1 Å². The number of rotatable bonds is 2.